The first-order valence-corrected chi connectivity index (χ1v) is 8.30. The maximum Gasteiger partial charge on any atom is 0.416 e. The SMILES string of the molecule is CCOC(=O)c1c(C)[nH]c(C(=O)COC(=O)c2ccc(C(F)(F)F)cc2)c1C. The molecule has 1 N–H and O–H groups in total. The van der Waals surface area contributed by atoms with E-state index >= 15 is 0 Å². The third kappa shape index (κ3) is 4.59. The van der Waals surface area contributed by atoms with Gasteiger partial charge in [0.2, 0.25) is 5.78 Å². The number of H-pyrrole nitrogens is 1. The van der Waals surface area contributed by atoms with Crippen molar-refractivity contribution >= 4 is 17.7 Å². The Kier molecular flexibility index (Phi) is 6.27. The van der Waals surface area contributed by atoms with Crippen LogP contribution in [0.1, 0.15) is 54.9 Å². The van der Waals surface area contributed by atoms with Crippen molar-refractivity contribution in [3.8, 4) is 0 Å². The van der Waals surface area contributed by atoms with E-state index in [1.54, 1.807) is 20.8 Å². The second-order valence-corrected chi connectivity index (χ2v) is 5.92. The number of Topliss-reactive ketones (excluding diaryl/α,β-unsaturated/α-hetero) is 1. The number of hydrogen-bond acceptors (Lipinski definition) is 5. The molecular weight excluding hydrogens is 379 g/mol. The van der Waals surface area contributed by atoms with Crippen LogP contribution in [0, 0.1) is 13.8 Å². The Bertz CT molecular complexity index is 898. The Hall–Kier alpha value is -3.10. The zero-order valence-electron chi connectivity index (χ0n) is 15.4. The molecule has 0 unspecified atom stereocenters. The standard InChI is InChI=1S/C19H18F3NO5/c1-4-27-18(26)15-10(2)16(23-11(15)3)14(24)9-28-17(25)12-5-7-13(8-6-12)19(20,21)22/h5-8,23H,4,9H2,1-3H3. The van der Waals surface area contributed by atoms with E-state index in [1.807, 2.05) is 0 Å². The van der Waals surface area contributed by atoms with Crippen molar-refractivity contribution in [2.45, 2.75) is 26.9 Å². The highest BCUT2D eigenvalue weighted by Crippen LogP contribution is 2.29. The highest BCUT2D eigenvalue weighted by molar-refractivity contribution is 6.03. The molecule has 2 aromatic rings. The Balaban J connectivity index is 2.07. The maximum absolute atomic E-state index is 12.5. The number of aryl methyl sites for hydroxylation is 1. The third-order valence-electron chi connectivity index (χ3n) is 3.98. The summed E-state index contributed by atoms with van der Waals surface area (Å²) in [6.07, 6.45) is -4.52. The summed E-state index contributed by atoms with van der Waals surface area (Å²) >= 11 is 0. The maximum atomic E-state index is 12.5. The molecule has 0 atom stereocenters. The van der Waals surface area contributed by atoms with E-state index in [9.17, 15) is 27.6 Å². The monoisotopic (exact) mass is 397 g/mol. The van der Waals surface area contributed by atoms with Gasteiger partial charge in [0.1, 0.15) is 0 Å². The molecule has 6 nitrogen and oxygen atoms in total. The predicted molar refractivity (Wildman–Crippen MR) is 92.3 cm³/mol. The number of esters is 2. The molecule has 0 bridgehead atoms. The van der Waals surface area contributed by atoms with Gasteiger partial charge >= 0.3 is 18.1 Å². The zero-order valence-corrected chi connectivity index (χ0v) is 15.4. The molecule has 0 aliphatic rings. The lowest BCUT2D eigenvalue weighted by Crippen LogP contribution is -2.16. The van der Waals surface area contributed by atoms with Crippen LogP contribution in [0.2, 0.25) is 0 Å². The molecule has 0 fully saturated rings. The van der Waals surface area contributed by atoms with Gasteiger partial charge in [0.15, 0.2) is 6.61 Å². The number of benzene rings is 1. The van der Waals surface area contributed by atoms with Crippen LogP contribution < -0.4 is 0 Å². The minimum absolute atomic E-state index is 0.0979. The summed E-state index contributed by atoms with van der Waals surface area (Å²) in [6.45, 7) is 4.35. The topological polar surface area (TPSA) is 85.5 Å². The average Bonchev–Trinajstić information content (AvgIpc) is 2.93. The van der Waals surface area contributed by atoms with Crippen molar-refractivity contribution in [2.75, 3.05) is 13.2 Å². The van der Waals surface area contributed by atoms with Crippen molar-refractivity contribution < 1.29 is 37.0 Å². The zero-order chi connectivity index (χ0) is 21.1. The van der Waals surface area contributed by atoms with Gasteiger partial charge in [-0.1, -0.05) is 0 Å². The Morgan fingerprint density at radius 2 is 1.61 bits per heavy atom. The summed E-state index contributed by atoms with van der Waals surface area (Å²) in [5.74, 6) is -2.10. The number of ketones is 1. The lowest BCUT2D eigenvalue weighted by Gasteiger charge is -2.08. The first kappa shape index (κ1) is 21.2. The van der Waals surface area contributed by atoms with E-state index in [-0.39, 0.29) is 23.4 Å². The lowest BCUT2D eigenvalue weighted by atomic mass is 10.1. The fraction of sp³-hybridized carbons (Fsp3) is 0.316. The predicted octanol–water partition coefficient (Wildman–Crippen LogP) is 3.87. The van der Waals surface area contributed by atoms with Gasteiger partial charge in [0.05, 0.1) is 29.0 Å². The fourth-order valence-corrected chi connectivity index (χ4v) is 2.62. The van der Waals surface area contributed by atoms with Crippen LogP contribution in [0.5, 0.6) is 0 Å². The molecule has 2 rings (SSSR count). The smallest absolute Gasteiger partial charge is 0.416 e. The van der Waals surface area contributed by atoms with Crippen LogP contribution in [0.25, 0.3) is 0 Å². The van der Waals surface area contributed by atoms with E-state index in [2.05, 4.69) is 4.98 Å². The van der Waals surface area contributed by atoms with Crippen molar-refractivity contribution in [3.63, 3.8) is 0 Å². The van der Waals surface area contributed by atoms with Gasteiger partial charge in [-0.25, -0.2) is 9.59 Å². The molecule has 0 saturated heterocycles. The summed E-state index contributed by atoms with van der Waals surface area (Å²) in [6, 6.07) is 3.45. The van der Waals surface area contributed by atoms with Crippen molar-refractivity contribution in [1.82, 2.24) is 4.98 Å². The largest absolute Gasteiger partial charge is 0.462 e. The highest BCUT2D eigenvalue weighted by Gasteiger charge is 2.30. The molecule has 0 aliphatic carbocycles. The first-order valence-electron chi connectivity index (χ1n) is 8.30. The second kappa shape index (κ2) is 8.28. The lowest BCUT2D eigenvalue weighted by molar-refractivity contribution is -0.137. The summed E-state index contributed by atoms with van der Waals surface area (Å²) in [4.78, 5) is 39.0. The number of carbonyl (C=O) groups is 3. The molecule has 1 aromatic carbocycles. The Labute approximate surface area is 158 Å². The van der Waals surface area contributed by atoms with Crippen molar-refractivity contribution in [1.29, 1.82) is 0 Å². The Morgan fingerprint density at radius 1 is 1.00 bits per heavy atom. The number of carbonyl (C=O) groups excluding carboxylic acids is 3. The van der Waals surface area contributed by atoms with Gasteiger partial charge in [0, 0.05) is 5.69 Å². The second-order valence-electron chi connectivity index (χ2n) is 5.92. The van der Waals surface area contributed by atoms with Crippen LogP contribution in [-0.4, -0.2) is 35.9 Å². The van der Waals surface area contributed by atoms with Gasteiger partial charge in [-0.2, -0.15) is 13.2 Å². The van der Waals surface area contributed by atoms with Gasteiger partial charge < -0.3 is 14.5 Å². The van der Waals surface area contributed by atoms with E-state index in [0.29, 0.717) is 11.3 Å². The third-order valence-corrected chi connectivity index (χ3v) is 3.98. The molecular formula is C19H18F3NO5. The molecule has 0 aliphatic heterocycles. The number of alkyl halides is 3. The van der Waals surface area contributed by atoms with Gasteiger partial charge in [-0.3, -0.25) is 4.79 Å². The number of hydrogen-bond donors (Lipinski definition) is 1. The van der Waals surface area contributed by atoms with E-state index in [4.69, 9.17) is 9.47 Å². The normalized spacial score (nSPS) is 11.2. The molecule has 0 radical (unpaired) electrons. The van der Waals surface area contributed by atoms with E-state index in [0.717, 1.165) is 24.3 Å². The van der Waals surface area contributed by atoms with Gasteiger partial charge in [-0.15, -0.1) is 0 Å². The molecule has 9 heteroatoms. The molecule has 150 valence electrons. The van der Waals surface area contributed by atoms with Crippen LogP contribution in [0.15, 0.2) is 24.3 Å². The average molecular weight is 397 g/mol. The quantitative estimate of drug-likeness (QED) is 0.591. The molecule has 0 saturated carbocycles. The van der Waals surface area contributed by atoms with Crippen molar-refractivity contribution in [2.24, 2.45) is 0 Å². The molecule has 1 aromatic heterocycles. The van der Waals surface area contributed by atoms with Crippen LogP contribution in [0.4, 0.5) is 13.2 Å². The number of nitrogens with one attached hydrogen (secondary N) is 1. The van der Waals surface area contributed by atoms with Crippen LogP contribution in [0.3, 0.4) is 0 Å². The molecule has 0 amide bonds. The summed E-state index contributed by atoms with van der Waals surface area (Å²) in [7, 11) is 0. The van der Waals surface area contributed by atoms with Crippen LogP contribution >= 0.6 is 0 Å². The number of rotatable bonds is 6. The first-order chi connectivity index (χ1) is 13.1. The van der Waals surface area contributed by atoms with Crippen molar-refractivity contribution in [3.05, 3.63) is 57.9 Å². The highest BCUT2D eigenvalue weighted by atomic mass is 19.4. The summed E-state index contributed by atoms with van der Waals surface area (Å²) in [5.41, 5.74) is 0.122. The Morgan fingerprint density at radius 3 is 2.14 bits per heavy atom. The van der Waals surface area contributed by atoms with Gasteiger partial charge in [-0.05, 0) is 50.6 Å². The minimum atomic E-state index is -4.52. The number of aromatic amines is 1. The van der Waals surface area contributed by atoms with E-state index in [1.165, 1.54) is 0 Å². The molecule has 1 heterocycles. The minimum Gasteiger partial charge on any atom is -0.462 e. The molecule has 0 spiro atoms. The van der Waals surface area contributed by atoms with Gasteiger partial charge in [0.25, 0.3) is 0 Å². The van der Waals surface area contributed by atoms with Crippen LogP contribution in [-0.2, 0) is 15.7 Å². The number of halogens is 3. The van der Waals surface area contributed by atoms with E-state index < -0.39 is 36.1 Å². The summed E-state index contributed by atoms with van der Waals surface area (Å²) < 4.78 is 47.4. The summed E-state index contributed by atoms with van der Waals surface area (Å²) in [5, 5.41) is 0. The fourth-order valence-electron chi connectivity index (χ4n) is 2.62. The number of ether oxygens (including phenoxy) is 2. The molecule has 28 heavy (non-hydrogen) atoms. The number of aromatic nitrogens is 1.